The SMILES string of the molecule is CC1CCN(CC(=O)c2ccc(-c3ccc(C(=O)CBr)cc3)cc2)CC1. The molecule has 3 nitrogen and oxygen atoms in total. The first-order chi connectivity index (χ1) is 12.6. The Morgan fingerprint density at radius 3 is 1.81 bits per heavy atom. The Bertz CT molecular complexity index is 760. The van der Waals surface area contributed by atoms with Gasteiger partial charge in [0.15, 0.2) is 11.6 Å². The second kappa shape index (κ2) is 8.74. The molecule has 136 valence electrons. The van der Waals surface area contributed by atoms with Crippen molar-refractivity contribution in [3.05, 3.63) is 59.7 Å². The molecule has 1 saturated heterocycles. The molecule has 0 bridgehead atoms. The van der Waals surface area contributed by atoms with Crippen LogP contribution in [0.1, 0.15) is 40.5 Å². The average Bonchev–Trinajstić information content (AvgIpc) is 2.69. The summed E-state index contributed by atoms with van der Waals surface area (Å²) >= 11 is 3.19. The van der Waals surface area contributed by atoms with Gasteiger partial charge in [0, 0.05) is 11.1 Å². The van der Waals surface area contributed by atoms with Gasteiger partial charge in [0.2, 0.25) is 0 Å². The summed E-state index contributed by atoms with van der Waals surface area (Å²) < 4.78 is 0. The zero-order chi connectivity index (χ0) is 18.5. The number of nitrogens with zero attached hydrogens (tertiary/aromatic N) is 1. The van der Waals surface area contributed by atoms with Crippen molar-refractivity contribution in [3.8, 4) is 11.1 Å². The van der Waals surface area contributed by atoms with E-state index in [2.05, 4.69) is 27.8 Å². The van der Waals surface area contributed by atoms with Gasteiger partial charge in [0.25, 0.3) is 0 Å². The van der Waals surface area contributed by atoms with E-state index in [4.69, 9.17) is 0 Å². The lowest BCUT2D eigenvalue weighted by Crippen LogP contribution is -2.36. The number of likely N-dealkylation sites (tertiary alicyclic amines) is 1. The monoisotopic (exact) mass is 413 g/mol. The molecule has 3 rings (SSSR count). The van der Waals surface area contributed by atoms with E-state index < -0.39 is 0 Å². The van der Waals surface area contributed by atoms with Gasteiger partial charge in [-0.1, -0.05) is 71.4 Å². The first-order valence-electron chi connectivity index (χ1n) is 9.12. The maximum Gasteiger partial charge on any atom is 0.176 e. The number of piperidine rings is 1. The second-order valence-electron chi connectivity index (χ2n) is 7.09. The molecular formula is C22H24BrNO2. The predicted octanol–water partition coefficient (Wildman–Crippen LogP) is 4.85. The van der Waals surface area contributed by atoms with Gasteiger partial charge in [0.05, 0.1) is 11.9 Å². The fraction of sp³-hybridized carbons (Fsp3) is 0.364. The lowest BCUT2D eigenvalue weighted by atomic mass is 9.98. The van der Waals surface area contributed by atoms with Crippen molar-refractivity contribution in [3.63, 3.8) is 0 Å². The number of alkyl halides is 1. The molecule has 1 aliphatic heterocycles. The quantitative estimate of drug-likeness (QED) is 0.501. The van der Waals surface area contributed by atoms with E-state index in [1.807, 2.05) is 48.5 Å². The molecule has 1 fully saturated rings. The maximum atomic E-state index is 12.5. The number of carbonyl (C=O) groups excluding carboxylic acids is 2. The molecule has 0 atom stereocenters. The Morgan fingerprint density at radius 1 is 0.885 bits per heavy atom. The van der Waals surface area contributed by atoms with Gasteiger partial charge in [-0.2, -0.15) is 0 Å². The normalized spacial score (nSPS) is 15.8. The van der Waals surface area contributed by atoms with Gasteiger partial charge in [-0.25, -0.2) is 0 Å². The standard InChI is InChI=1S/C22H24BrNO2/c1-16-10-12-24(13-11-16)15-22(26)20-8-4-18(5-9-20)17-2-6-19(7-3-17)21(25)14-23/h2-9,16H,10-15H2,1H3. The Hall–Kier alpha value is -1.78. The smallest absolute Gasteiger partial charge is 0.176 e. The molecule has 0 spiro atoms. The van der Waals surface area contributed by atoms with Crippen molar-refractivity contribution in [1.29, 1.82) is 0 Å². The number of rotatable bonds is 6. The summed E-state index contributed by atoms with van der Waals surface area (Å²) in [7, 11) is 0. The van der Waals surface area contributed by atoms with Gasteiger partial charge in [-0.3, -0.25) is 14.5 Å². The summed E-state index contributed by atoms with van der Waals surface area (Å²) in [5.74, 6) is 1.03. The molecule has 2 aromatic carbocycles. The van der Waals surface area contributed by atoms with Gasteiger partial charge in [0.1, 0.15) is 0 Å². The fourth-order valence-corrected chi connectivity index (χ4v) is 3.61. The van der Waals surface area contributed by atoms with Crippen LogP contribution in [0.5, 0.6) is 0 Å². The highest BCUT2D eigenvalue weighted by atomic mass is 79.9. The Labute approximate surface area is 163 Å². The first-order valence-corrected chi connectivity index (χ1v) is 10.2. The fourth-order valence-electron chi connectivity index (χ4n) is 3.29. The van der Waals surface area contributed by atoms with E-state index in [0.717, 1.165) is 35.7 Å². The van der Waals surface area contributed by atoms with Gasteiger partial charge in [-0.05, 0) is 43.0 Å². The summed E-state index contributed by atoms with van der Waals surface area (Å²) in [6.07, 6.45) is 2.36. The zero-order valence-corrected chi connectivity index (χ0v) is 16.7. The van der Waals surface area contributed by atoms with E-state index in [9.17, 15) is 9.59 Å². The molecule has 1 aliphatic rings. The molecular weight excluding hydrogens is 390 g/mol. The van der Waals surface area contributed by atoms with E-state index in [-0.39, 0.29) is 11.6 Å². The number of hydrogen-bond acceptors (Lipinski definition) is 3. The number of ketones is 2. The van der Waals surface area contributed by atoms with E-state index >= 15 is 0 Å². The van der Waals surface area contributed by atoms with Crippen LogP contribution in [0.4, 0.5) is 0 Å². The van der Waals surface area contributed by atoms with Crippen LogP contribution in [0.25, 0.3) is 11.1 Å². The minimum Gasteiger partial charge on any atom is -0.296 e. The minimum atomic E-state index is 0.0737. The number of benzene rings is 2. The highest BCUT2D eigenvalue weighted by Crippen LogP contribution is 2.22. The van der Waals surface area contributed by atoms with Crippen molar-refractivity contribution in [1.82, 2.24) is 4.90 Å². The summed E-state index contributed by atoms with van der Waals surface area (Å²) in [5.41, 5.74) is 3.55. The molecule has 4 heteroatoms. The van der Waals surface area contributed by atoms with Crippen LogP contribution in [0.2, 0.25) is 0 Å². The van der Waals surface area contributed by atoms with E-state index in [1.54, 1.807) is 0 Å². The van der Waals surface area contributed by atoms with Crippen molar-refractivity contribution in [2.45, 2.75) is 19.8 Å². The lowest BCUT2D eigenvalue weighted by Gasteiger charge is -2.29. The third-order valence-electron chi connectivity index (χ3n) is 5.11. The van der Waals surface area contributed by atoms with E-state index in [0.29, 0.717) is 17.4 Å². The highest BCUT2D eigenvalue weighted by Gasteiger charge is 2.18. The largest absolute Gasteiger partial charge is 0.296 e. The van der Waals surface area contributed by atoms with E-state index in [1.165, 1.54) is 12.8 Å². The number of halogens is 1. The molecule has 0 saturated carbocycles. The van der Waals surface area contributed by atoms with Crippen LogP contribution in [-0.4, -0.2) is 41.4 Å². The molecule has 0 aromatic heterocycles. The molecule has 0 amide bonds. The van der Waals surface area contributed by atoms with Crippen molar-refractivity contribution >= 4 is 27.5 Å². The third-order valence-corrected chi connectivity index (χ3v) is 5.62. The van der Waals surface area contributed by atoms with Gasteiger partial charge in [-0.15, -0.1) is 0 Å². The Balaban J connectivity index is 1.64. The summed E-state index contributed by atoms with van der Waals surface area (Å²) in [6, 6.07) is 15.3. The summed E-state index contributed by atoms with van der Waals surface area (Å²) in [5, 5.41) is 0.332. The van der Waals surface area contributed by atoms with Crippen LogP contribution in [0.15, 0.2) is 48.5 Å². The topological polar surface area (TPSA) is 37.4 Å². The van der Waals surface area contributed by atoms with Crippen molar-refractivity contribution < 1.29 is 9.59 Å². The number of Topliss-reactive ketones (excluding diaryl/α,β-unsaturated/α-hetero) is 2. The Morgan fingerprint density at radius 2 is 1.35 bits per heavy atom. The molecule has 2 aromatic rings. The highest BCUT2D eigenvalue weighted by molar-refractivity contribution is 9.09. The first kappa shape index (κ1) is 19.0. The molecule has 0 N–H and O–H groups in total. The molecule has 0 radical (unpaired) electrons. The molecule has 0 aliphatic carbocycles. The van der Waals surface area contributed by atoms with Gasteiger partial charge < -0.3 is 0 Å². The van der Waals surface area contributed by atoms with Crippen LogP contribution in [0.3, 0.4) is 0 Å². The zero-order valence-electron chi connectivity index (χ0n) is 15.1. The maximum absolute atomic E-state index is 12.5. The van der Waals surface area contributed by atoms with Gasteiger partial charge >= 0.3 is 0 Å². The van der Waals surface area contributed by atoms with Crippen LogP contribution in [-0.2, 0) is 0 Å². The van der Waals surface area contributed by atoms with Crippen molar-refractivity contribution in [2.75, 3.05) is 25.0 Å². The van der Waals surface area contributed by atoms with Crippen LogP contribution >= 0.6 is 15.9 Å². The van der Waals surface area contributed by atoms with Crippen molar-refractivity contribution in [2.24, 2.45) is 5.92 Å². The summed E-state index contributed by atoms with van der Waals surface area (Å²) in [4.78, 5) is 26.4. The lowest BCUT2D eigenvalue weighted by molar-refractivity contribution is 0.0899. The number of hydrogen-bond donors (Lipinski definition) is 0. The number of carbonyl (C=O) groups is 2. The van der Waals surface area contributed by atoms with Crippen LogP contribution < -0.4 is 0 Å². The summed E-state index contributed by atoms with van der Waals surface area (Å²) in [6.45, 7) is 4.82. The predicted molar refractivity (Wildman–Crippen MR) is 109 cm³/mol. The van der Waals surface area contributed by atoms with Crippen LogP contribution in [0, 0.1) is 5.92 Å². The second-order valence-corrected chi connectivity index (χ2v) is 7.65. The average molecular weight is 414 g/mol. The molecule has 0 unspecified atom stereocenters. The third kappa shape index (κ3) is 4.68. The minimum absolute atomic E-state index is 0.0737. The Kier molecular flexibility index (Phi) is 6.38. The molecule has 26 heavy (non-hydrogen) atoms. The molecule has 1 heterocycles.